The largest absolute Gasteiger partial charge is 0.454 e. The lowest BCUT2D eigenvalue weighted by Crippen LogP contribution is -2.31. The van der Waals surface area contributed by atoms with Crippen LogP contribution < -0.4 is 14.8 Å². The number of fused-ring (bicyclic) bond motifs is 1. The van der Waals surface area contributed by atoms with Gasteiger partial charge in [-0.25, -0.2) is 0 Å². The van der Waals surface area contributed by atoms with E-state index in [1.807, 2.05) is 0 Å². The van der Waals surface area contributed by atoms with Crippen LogP contribution in [-0.2, 0) is 4.74 Å². The van der Waals surface area contributed by atoms with Gasteiger partial charge in [0, 0.05) is 18.7 Å². The second-order valence-corrected chi connectivity index (χ2v) is 5.34. The van der Waals surface area contributed by atoms with Crippen LogP contribution in [0.2, 0.25) is 0 Å². The van der Waals surface area contributed by atoms with Crippen molar-refractivity contribution in [3.05, 3.63) is 24.1 Å². The van der Waals surface area contributed by atoms with Gasteiger partial charge in [-0.15, -0.1) is 0 Å². The van der Waals surface area contributed by atoms with Crippen molar-refractivity contribution < 1.29 is 23.5 Å². The maximum Gasteiger partial charge on any atom is 0.316 e. The van der Waals surface area contributed by atoms with Crippen molar-refractivity contribution in [1.29, 1.82) is 0 Å². The van der Waals surface area contributed by atoms with Crippen LogP contribution in [0.5, 0.6) is 11.5 Å². The Balaban J connectivity index is 1.44. The van der Waals surface area contributed by atoms with Gasteiger partial charge in [0.15, 0.2) is 11.5 Å². The average Bonchev–Trinajstić information content (AvgIpc) is 3.32. The molecule has 2 aliphatic heterocycles. The van der Waals surface area contributed by atoms with E-state index in [0.29, 0.717) is 29.4 Å². The highest BCUT2D eigenvalue weighted by Crippen LogP contribution is 2.35. The van der Waals surface area contributed by atoms with Crippen LogP contribution in [0.1, 0.15) is 23.5 Å². The van der Waals surface area contributed by atoms with Crippen molar-refractivity contribution in [1.82, 2.24) is 15.5 Å². The van der Waals surface area contributed by atoms with Crippen LogP contribution in [0.15, 0.2) is 22.7 Å². The summed E-state index contributed by atoms with van der Waals surface area (Å²) in [6.45, 7) is 1.39. The van der Waals surface area contributed by atoms with E-state index in [1.165, 1.54) is 0 Å². The fourth-order valence-electron chi connectivity index (χ4n) is 2.56. The molecule has 2 aromatic rings. The number of hydrogen-bond acceptors (Lipinski definition) is 7. The number of amides is 1. The molecule has 1 saturated heterocycles. The van der Waals surface area contributed by atoms with Crippen molar-refractivity contribution in [2.24, 2.45) is 0 Å². The highest BCUT2D eigenvalue weighted by molar-refractivity contribution is 5.89. The van der Waals surface area contributed by atoms with Gasteiger partial charge in [0.05, 0.1) is 6.10 Å². The minimum atomic E-state index is -0.403. The Morgan fingerprint density at radius 3 is 3.09 bits per heavy atom. The van der Waals surface area contributed by atoms with Crippen LogP contribution in [0.25, 0.3) is 11.4 Å². The third-order valence-corrected chi connectivity index (χ3v) is 3.77. The maximum absolute atomic E-state index is 12.0. The molecule has 120 valence electrons. The molecule has 1 atom stereocenters. The molecule has 0 aliphatic carbocycles. The van der Waals surface area contributed by atoms with Crippen LogP contribution in [0.4, 0.5) is 0 Å². The number of rotatable bonds is 4. The van der Waals surface area contributed by atoms with E-state index in [4.69, 9.17) is 18.7 Å². The maximum atomic E-state index is 12.0. The topological polar surface area (TPSA) is 95.7 Å². The molecule has 4 rings (SSSR count). The van der Waals surface area contributed by atoms with E-state index in [-0.39, 0.29) is 18.8 Å². The van der Waals surface area contributed by atoms with Gasteiger partial charge in [-0.1, -0.05) is 5.16 Å². The van der Waals surface area contributed by atoms with Gasteiger partial charge in [-0.3, -0.25) is 4.79 Å². The zero-order chi connectivity index (χ0) is 15.6. The first kappa shape index (κ1) is 14.0. The van der Waals surface area contributed by atoms with E-state index >= 15 is 0 Å². The molecule has 8 nitrogen and oxygen atoms in total. The van der Waals surface area contributed by atoms with Gasteiger partial charge >= 0.3 is 11.8 Å². The second-order valence-electron chi connectivity index (χ2n) is 5.34. The molecule has 0 saturated carbocycles. The lowest BCUT2D eigenvalue weighted by molar-refractivity contribution is 0.0822. The van der Waals surface area contributed by atoms with Gasteiger partial charge in [0.25, 0.3) is 0 Å². The molecule has 1 aromatic heterocycles. The lowest BCUT2D eigenvalue weighted by atomic mass is 10.2. The highest BCUT2D eigenvalue weighted by atomic mass is 16.7. The molecule has 1 amide bonds. The summed E-state index contributed by atoms with van der Waals surface area (Å²) in [5, 5.41) is 6.58. The number of ether oxygens (including phenoxy) is 3. The second kappa shape index (κ2) is 5.88. The van der Waals surface area contributed by atoms with Crippen molar-refractivity contribution in [3.8, 4) is 22.9 Å². The van der Waals surface area contributed by atoms with Crippen LogP contribution in [0, 0.1) is 0 Å². The van der Waals surface area contributed by atoms with E-state index in [0.717, 1.165) is 19.4 Å². The molecule has 0 spiro atoms. The van der Waals surface area contributed by atoms with E-state index < -0.39 is 5.91 Å². The van der Waals surface area contributed by atoms with Crippen molar-refractivity contribution in [3.63, 3.8) is 0 Å². The molecule has 1 fully saturated rings. The van der Waals surface area contributed by atoms with Crippen molar-refractivity contribution in [2.75, 3.05) is 19.9 Å². The van der Waals surface area contributed by atoms with Crippen LogP contribution in [0.3, 0.4) is 0 Å². The predicted octanol–water partition coefficient (Wildman–Crippen LogP) is 1.37. The fraction of sp³-hybridized carbons (Fsp3) is 0.400. The third kappa shape index (κ3) is 2.85. The zero-order valence-electron chi connectivity index (χ0n) is 12.3. The predicted molar refractivity (Wildman–Crippen MR) is 77.2 cm³/mol. The number of carbonyl (C=O) groups is 1. The normalized spacial score (nSPS) is 19.0. The monoisotopic (exact) mass is 317 g/mol. The summed E-state index contributed by atoms with van der Waals surface area (Å²) in [4.78, 5) is 16.1. The zero-order valence-corrected chi connectivity index (χ0v) is 12.3. The Kier molecular flexibility index (Phi) is 3.58. The lowest BCUT2D eigenvalue weighted by Gasteiger charge is -2.08. The molecular weight excluding hydrogens is 302 g/mol. The minimum Gasteiger partial charge on any atom is -0.454 e. The summed E-state index contributed by atoms with van der Waals surface area (Å²) in [6.07, 6.45) is 2.04. The summed E-state index contributed by atoms with van der Waals surface area (Å²) < 4.78 is 21.0. The minimum absolute atomic E-state index is 0.0650. The Morgan fingerprint density at radius 2 is 2.22 bits per heavy atom. The smallest absolute Gasteiger partial charge is 0.316 e. The first-order chi connectivity index (χ1) is 11.3. The Bertz CT molecular complexity index is 724. The summed E-state index contributed by atoms with van der Waals surface area (Å²) in [5.74, 6) is 1.14. The van der Waals surface area contributed by atoms with E-state index in [9.17, 15) is 4.79 Å². The van der Waals surface area contributed by atoms with Crippen LogP contribution >= 0.6 is 0 Å². The Labute approximate surface area is 131 Å². The first-order valence-electron chi connectivity index (χ1n) is 7.43. The quantitative estimate of drug-likeness (QED) is 0.910. The third-order valence-electron chi connectivity index (χ3n) is 3.77. The molecular formula is C15H15N3O5. The molecule has 0 unspecified atom stereocenters. The van der Waals surface area contributed by atoms with E-state index in [1.54, 1.807) is 18.2 Å². The molecule has 0 bridgehead atoms. The molecule has 3 heterocycles. The van der Waals surface area contributed by atoms with Gasteiger partial charge < -0.3 is 24.1 Å². The van der Waals surface area contributed by atoms with E-state index in [2.05, 4.69) is 15.5 Å². The number of benzene rings is 1. The van der Waals surface area contributed by atoms with Crippen molar-refractivity contribution in [2.45, 2.75) is 18.9 Å². The molecule has 23 heavy (non-hydrogen) atoms. The molecule has 8 heteroatoms. The number of hydrogen-bond donors (Lipinski definition) is 1. The Morgan fingerprint density at radius 1 is 1.30 bits per heavy atom. The van der Waals surface area contributed by atoms with Crippen molar-refractivity contribution >= 4 is 5.91 Å². The summed E-state index contributed by atoms with van der Waals surface area (Å²) in [7, 11) is 0. The SMILES string of the molecule is O=C(NC[C@@H]1CCCO1)c1nc(-c2ccc3c(c2)OCO3)no1. The first-order valence-corrected chi connectivity index (χ1v) is 7.43. The average molecular weight is 317 g/mol. The van der Waals surface area contributed by atoms with Crippen LogP contribution in [-0.4, -0.2) is 42.1 Å². The Hall–Kier alpha value is -2.61. The molecule has 0 radical (unpaired) electrons. The highest BCUT2D eigenvalue weighted by Gasteiger charge is 2.21. The number of aromatic nitrogens is 2. The van der Waals surface area contributed by atoms with Gasteiger partial charge in [0.2, 0.25) is 12.6 Å². The summed E-state index contributed by atoms with van der Waals surface area (Å²) in [5.41, 5.74) is 0.691. The summed E-state index contributed by atoms with van der Waals surface area (Å²) >= 11 is 0. The standard InChI is InChI=1S/C15H15N3O5/c19-14(16-7-10-2-1-5-20-10)15-17-13(18-23-15)9-3-4-11-12(6-9)22-8-21-11/h3-4,6,10H,1-2,5,7-8H2,(H,16,19)/t10-/m0/s1. The molecule has 1 N–H and O–H groups in total. The van der Waals surface area contributed by atoms with Gasteiger partial charge in [0.1, 0.15) is 0 Å². The molecule has 2 aliphatic rings. The number of nitrogens with one attached hydrogen (secondary N) is 1. The number of nitrogens with zero attached hydrogens (tertiary/aromatic N) is 2. The van der Waals surface area contributed by atoms with Gasteiger partial charge in [-0.05, 0) is 31.0 Å². The fourth-order valence-corrected chi connectivity index (χ4v) is 2.56. The molecule has 1 aromatic carbocycles. The van der Waals surface area contributed by atoms with Gasteiger partial charge in [-0.2, -0.15) is 4.98 Å². The summed E-state index contributed by atoms with van der Waals surface area (Å²) in [6, 6.07) is 5.30. The number of carbonyl (C=O) groups excluding carboxylic acids is 1.